The Bertz CT molecular complexity index is 515. The van der Waals surface area contributed by atoms with Crippen molar-refractivity contribution in [3.05, 3.63) is 11.4 Å². The zero-order chi connectivity index (χ0) is 13.9. The summed E-state index contributed by atoms with van der Waals surface area (Å²) in [5.74, 6) is -0.0369. The van der Waals surface area contributed by atoms with Crippen LogP contribution < -0.4 is 10.5 Å². The molecule has 0 radical (unpaired) electrons. The molecular weight excluding hydrogens is 254 g/mol. The van der Waals surface area contributed by atoms with Crippen molar-refractivity contribution >= 4 is 15.9 Å². The lowest BCUT2D eigenvalue weighted by atomic mass is 10.1. The molecule has 102 valence electrons. The minimum atomic E-state index is -3.63. The molecule has 8 heteroatoms. The smallest absolute Gasteiger partial charge is 0.244 e. The molecule has 1 aromatic heterocycles. The molecule has 0 bridgehead atoms. The average Bonchev–Trinajstić information content (AvgIpc) is 2.56. The van der Waals surface area contributed by atoms with Crippen LogP contribution in [0.5, 0.6) is 0 Å². The van der Waals surface area contributed by atoms with E-state index in [1.807, 2.05) is 6.92 Å². The third kappa shape index (κ3) is 3.30. The van der Waals surface area contributed by atoms with Gasteiger partial charge in [0.05, 0.1) is 17.2 Å². The number of aromatic amines is 1. The Morgan fingerprint density at radius 3 is 2.56 bits per heavy atom. The van der Waals surface area contributed by atoms with Gasteiger partial charge in [-0.3, -0.25) is 10.5 Å². The normalized spacial score (nSPS) is 13.5. The van der Waals surface area contributed by atoms with Gasteiger partial charge in [0.25, 0.3) is 0 Å². The molecule has 0 saturated heterocycles. The van der Waals surface area contributed by atoms with Gasteiger partial charge in [-0.15, -0.1) is 0 Å². The van der Waals surface area contributed by atoms with E-state index in [-0.39, 0.29) is 23.2 Å². The summed E-state index contributed by atoms with van der Waals surface area (Å²) in [6.45, 7) is 5.12. The van der Waals surface area contributed by atoms with Crippen LogP contribution in [-0.2, 0) is 10.0 Å². The molecular formula is C10H19N5O2S. The number of amidine groups is 1. The average molecular weight is 273 g/mol. The maximum Gasteiger partial charge on any atom is 0.244 e. The first-order chi connectivity index (χ1) is 8.27. The second-order valence-corrected chi connectivity index (χ2v) is 5.87. The van der Waals surface area contributed by atoms with E-state index < -0.39 is 10.0 Å². The zero-order valence-electron chi connectivity index (χ0n) is 10.7. The monoisotopic (exact) mass is 273 g/mol. The molecule has 1 heterocycles. The second kappa shape index (κ2) is 5.49. The molecule has 5 N–H and O–H groups in total. The summed E-state index contributed by atoms with van der Waals surface area (Å²) in [5, 5.41) is 13.7. The van der Waals surface area contributed by atoms with Gasteiger partial charge < -0.3 is 5.73 Å². The summed E-state index contributed by atoms with van der Waals surface area (Å²) in [4.78, 5) is 0.171. The fourth-order valence-corrected chi connectivity index (χ4v) is 3.44. The van der Waals surface area contributed by atoms with Crippen LogP contribution in [0.25, 0.3) is 0 Å². The predicted octanol–water partition coefficient (Wildman–Crippen LogP) is 0.410. The first-order valence-corrected chi connectivity index (χ1v) is 7.13. The first kappa shape index (κ1) is 14.7. The summed E-state index contributed by atoms with van der Waals surface area (Å²) in [6.07, 6.45) is 0.764. The maximum atomic E-state index is 12.2. The number of hydrogen-bond acceptors (Lipinski definition) is 4. The second-order valence-electron chi connectivity index (χ2n) is 4.22. The van der Waals surface area contributed by atoms with Crippen LogP contribution in [0.1, 0.15) is 31.2 Å². The number of H-pyrrole nitrogens is 1. The van der Waals surface area contributed by atoms with Crippen LogP contribution in [0.4, 0.5) is 0 Å². The van der Waals surface area contributed by atoms with Crippen molar-refractivity contribution in [1.29, 1.82) is 5.41 Å². The van der Waals surface area contributed by atoms with Crippen molar-refractivity contribution in [2.75, 3.05) is 0 Å². The van der Waals surface area contributed by atoms with E-state index in [4.69, 9.17) is 11.1 Å². The number of aryl methyl sites for hydroxylation is 2. The molecule has 0 amide bonds. The van der Waals surface area contributed by atoms with Crippen LogP contribution in [0.3, 0.4) is 0 Å². The van der Waals surface area contributed by atoms with Crippen molar-refractivity contribution in [2.45, 2.75) is 44.6 Å². The SMILES string of the molecule is CCC(CC(=N)N)NS(=O)(=O)c1c(C)n[nH]c1C. The number of rotatable bonds is 6. The quantitative estimate of drug-likeness (QED) is 0.442. The van der Waals surface area contributed by atoms with E-state index in [1.54, 1.807) is 13.8 Å². The highest BCUT2D eigenvalue weighted by Gasteiger charge is 2.25. The number of nitrogens with zero attached hydrogens (tertiary/aromatic N) is 1. The van der Waals surface area contributed by atoms with Gasteiger partial charge in [0.1, 0.15) is 4.90 Å². The van der Waals surface area contributed by atoms with Crippen molar-refractivity contribution in [3.8, 4) is 0 Å². The lowest BCUT2D eigenvalue weighted by Crippen LogP contribution is -2.37. The maximum absolute atomic E-state index is 12.2. The fourth-order valence-electron chi connectivity index (χ4n) is 1.75. The topological polar surface area (TPSA) is 125 Å². The third-order valence-electron chi connectivity index (χ3n) is 2.61. The van der Waals surface area contributed by atoms with E-state index in [9.17, 15) is 8.42 Å². The van der Waals surface area contributed by atoms with Gasteiger partial charge in [-0.05, 0) is 20.3 Å². The lowest BCUT2D eigenvalue weighted by Gasteiger charge is -2.16. The van der Waals surface area contributed by atoms with Crippen LogP contribution in [0.2, 0.25) is 0 Å². The summed E-state index contributed by atoms with van der Waals surface area (Å²) in [5.41, 5.74) is 6.22. The Kier molecular flexibility index (Phi) is 4.47. The molecule has 1 rings (SSSR count). The van der Waals surface area contributed by atoms with Gasteiger partial charge in [-0.2, -0.15) is 5.10 Å². The van der Waals surface area contributed by atoms with E-state index in [1.165, 1.54) is 0 Å². The Labute approximate surface area is 107 Å². The Morgan fingerprint density at radius 1 is 1.56 bits per heavy atom. The van der Waals surface area contributed by atoms with E-state index in [0.29, 0.717) is 17.8 Å². The van der Waals surface area contributed by atoms with Gasteiger partial charge in [-0.1, -0.05) is 6.92 Å². The zero-order valence-corrected chi connectivity index (χ0v) is 11.6. The molecule has 1 atom stereocenters. The van der Waals surface area contributed by atoms with Gasteiger partial charge in [0.15, 0.2) is 0 Å². The largest absolute Gasteiger partial charge is 0.388 e. The molecule has 0 spiro atoms. The summed E-state index contributed by atoms with van der Waals surface area (Å²) >= 11 is 0. The predicted molar refractivity (Wildman–Crippen MR) is 69.0 cm³/mol. The molecule has 0 aliphatic rings. The van der Waals surface area contributed by atoms with Crippen LogP contribution in [-0.4, -0.2) is 30.5 Å². The molecule has 0 aliphatic heterocycles. The Balaban J connectivity index is 2.98. The Hall–Kier alpha value is -1.41. The van der Waals surface area contributed by atoms with Crippen molar-refractivity contribution < 1.29 is 8.42 Å². The van der Waals surface area contributed by atoms with Crippen LogP contribution in [0, 0.1) is 19.3 Å². The van der Waals surface area contributed by atoms with Crippen molar-refractivity contribution in [1.82, 2.24) is 14.9 Å². The highest BCUT2D eigenvalue weighted by Crippen LogP contribution is 2.17. The van der Waals surface area contributed by atoms with Crippen LogP contribution in [0.15, 0.2) is 4.90 Å². The number of nitrogens with two attached hydrogens (primary N) is 1. The number of aromatic nitrogens is 2. The molecule has 0 saturated carbocycles. The number of nitrogens with one attached hydrogen (secondary N) is 3. The molecule has 7 nitrogen and oxygen atoms in total. The van der Waals surface area contributed by atoms with Gasteiger partial charge >= 0.3 is 0 Å². The van der Waals surface area contributed by atoms with Crippen LogP contribution >= 0.6 is 0 Å². The lowest BCUT2D eigenvalue weighted by molar-refractivity contribution is 0.544. The number of sulfonamides is 1. The van der Waals surface area contributed by atoms with Crippen molar-refractivity contribution in [3.63, 3.8) is 0 Å². The Morgan fingerprint density at radius 2 is 2.17 bits per heavy atom. The molecule has 1 aromatic rings. The van der Waals surface area contributed by atoms with Gasteiger partial charge in [-0.25, -0.2) is 13.1 Å². The highest BCUT2D eigenvalue weighted by molar-refractivity contribution is 7.89. The van der Waals surface area contributed by atoms with E-state index >= 15 is 0 Å². The van der Waals surface area contributed by atoms with Gasteiger partial charge in [0.2, 0.25) is 10.0 Å². The fraction of sp³-hybridized carbons (Fsp3) is 0.600. The standard InChI is InChI=1S/C10H19N5O2S/c1-4-8(5-9(11)12)15-18(16,17)10-6(2)13-14-7(10)3/h8,15H,4-5H2,1-3H3,(H3,11,12)(H,13,14). The molecule has 18 heavy (non-hydrogen) atoms. The molecule has 1 unspecified atom stereocenters. The minimum Gasteiger partial charge on any atom is -0.388 e. The summed E-state index contributed by atoms with van der Waals surface area (Å²) in [7, 11) is -3.63. The number of hydrogen-bond donors (Lipinski definition) is 4. The summed E-state index contributed by atoms with van der Waals surface area (Å²) < 4.78 is 27.0. The molecule has 0 aromatic carbocycles. The highest BCUT2D eigenvalue weighted by atomic mass is 32.2. The minimum absolute atomic E-state index is 0.0369. The molecule has 0 aliphatic carbocycles. The first-order valence-electron chi connectivity index (χ1n) is 5.64. The summed E-state index contributed by atoms with van der Waals surface area (Å²) in [6, 6.07) is -0.374. The van der Waals surface area contributed by atoms with E-state index in [2.05, 4.69) is 14.9 Å². The van der Waals surface area contributed by atoms with Gasteiger partial charge in [0, 0.05) is 12.5 Å². The van der Waals surface area contributed by atoms with E-state index in [0.717, 1.165) is 0 Å². The third-order valence-corrected chi connectivity index (χ3v) is 4.39. The molecule has 0 fully saturated rings. The van der Waals surface area contributed by atoms with Crippen molar-refractivity contribution in [2.24, 2.45) is 5.73 Å².